The van der Waals surface area contributed by atoms with Crippen molar-refractivity contribution in [1.82, 2.24) is 5.16 Å². The molecule has 0 saturated carbocycles. The SMILES string of the molecule is Cc1cc(C(=O)Nc2cccc(C(N)=NO)c2)on1. The Bertz CT molecular complexity index is 633. The maximum Gasteiger partial charge on any atom is 0.294 e. The highest BCUT2D eigenvalue weighted by molar-refractivity contribution is 6.03. The first-order valence-corrected chi connectivity index (χ1v) is 5.43. The number of rotatable bonds is 3. The van der Waals surface area contributed by atoms with Crippen LogP contribution in [-0.4, -0.2) is 22.1 Å². The second-order valence-corrected chi connectivity index (χ2v) is 3.85. The number of amidine groups is 1. The van der Waals surface area contributed by atoms with Crippen LogP contribution in [0.4, 0.5) is 5.69 Å². The molecule has 4 N–H and O–H groups in total. The lowest BCUT2D eigenvalue weighted by atomic mass is 10.2. The summed E-state index contributed by atoms with van der Waals surface area (Å²) in [6.45, 7) is 1.72. The van der Waals surface area contributed by atoms with Crippen molar-refractivity contribution in [3.63, 3.8) is 0 Å². The third-order valence-electron chi connectivity index (χ3n) is 2.38. The fraction of sp³-hybridized carbons (Fsp3) is 0.0833. The number of nitrogens with one attached hydrogen (secondary N) is 1. The quantitative estimate of drug-likeness (QED) is 0.333. The monoisotopic (exact) mass is 260 g/mol. The first-order chi connectivity index (χ1) is 9.10. The van der Waals surface area contributed by atoms with Gasteiger partial charge in [0.1, 0.15) is 0 Å². The van der Waals surface area contributed by atoms with E-state index in [2.05, 4.69) is 15.6 Å². The Morgan fingerprint density at radius 3 is 2.89 bits per heavy atom. The van der Waals surface area contributed by atoms with E-state index in [4.69, 9.17) is 15.5 Å². The number of aromatic nitrogens is 1. The first kappa shape index (κ1) is 12.6. The molecule has 2 aromatic rings. The van der Waals surface area contributed by atoms with Gasteiger partial charge in [0.25, 0.3) is 5.91 Å². The number of amides is 1. The van der Waals surface area contributed by atoms with Gasteiger partial charge in [-0.1, -0.05) is 22.4 Å². The van der Waals surface area contributed by atoms with Crippen molar-refractivity contribution in [3.05, 3.63) is 47.3 Å². The standard InChI is InChI=1S/C12H12N4O3/c1-7-5-10(19-16-7)12(17)14-9-4-2-3-8(6-9)11(13)15-18/h2-6,18H,1H3,(H2,13,15)(H,14,17). The van der Waals surface area contributed by atoms with E-state index >= 15 is 0 Å². The smallest absolute Gasteiger partial charge is 0.294 e. The summed E-state index contributed by atoms with van der Waals surface area (Å²) in [7, 11) is 0. The Balaban J connectivity index is 2.17. The van der Waals surface area contributed by atoms with Crippen LogP contribution in [0, 0.1) is 6.92 Å². The number of carbonyl (C=O) groups excluding carboxylic acids is 1. The zero-order valence-electron chi connectivity index (χ0n) is 10.1. The van der Waals surface area contributed by atoms with Crippen LogP contribution in [0.2, 0.25) is 0 Å². The fourth-order valence-electron chi connectivity index (χ4n) is 1.48. The Labute approximate surface area is 108 Å². The molecule has 0 fully saturated rings. The molecular formula is C12H12N4O3. The topological polar surface area (TPSA) is 114 Å². The summed E-state index contributed by atoms with van der Waals surface area (Å²) < 4.78 is 4.85. The van der Waals surface area contributed by atoms with Gasteiger partial charge in [0.15, 0.2) is 5.84 Å². The summed E-state index contributed by atoms with van der Waals surface area (Å²) in [6.07, 6.45) is 0. The van der Waals surface area contributed by atoms with Crippen LogP contribution in [0.1, 0.15) is 21.8 Å². The Morgan fingerprint density at radius 2 is 2.26 bits per heavy atom. The normalized spacial score (nSPS) is 11.3. The Morgan fingerprint density at radius 1 is 1.47 bits per heavy atom. The minimum absolute atomic E-state index is 0.0355. The molecule has 1 aromatic heterocycles. The Hall–Kier alpha value is -2.83. The van der Waals surface area contributed by atoms with Crippen LogP contribution in [-0.2, 0) is 0 Å². The molecule has 19 heavy (non-hydrogen) atoms. The van der Waals surface area contributed by atoms with Gasteiger partial charge in [-0.3, -0.25) is 4.79 Å². The predicted molar refractivity (Wildman–Crippen MR) is 68.1 cm³/mol. The highest BCUT2D eigenvalue weighted by atomic mass is 16.5. The molecule has 1 aromatic carbocycles. The van der Waals surface area contributed by atoms with Crippen molar-refractivity contribution in [3.8, 4) is 0 Å². The van der Waals surface area contributed by atoms with E-state index in [0.717, 1.165) is 0 Å². The van der Waals surface area contributed by atoms with Crippen molar-refractivity contribution in [1.29, 1.82) is 0 Å². The zero-order chi connectivity index (χ0) is 13.8. The predicted octanol–water partition coefficient (Wildman–Crippen LogP) is 1.33. The average Bonchev–Trinajstić information content (AvgIpc) is 2.85. The number of carbonyl (C=O) groups is 1. The average molecular weight is 260 g/mol. The molecule has 0 aliphatic rings. The molecule has 0 saturated heterocycles. The lowest BCUT2D eigenvalue weighted by molar-refractivity contribution is 0.0988. The summed E-state index contributed by atoms with van der Waals surface area (Å²) in [5.74, 6) is -0.337. The number of nitrogens with two attached hydrogens (primary N) is 1. The van der Waals surface area contributed by atoms with E-state index in [-0.39, 0.29) is 11.6 Å². The minimum Gasteiger partial charge on any atom is -0.409 e. The molecule has 7 heteroatoms. The maximum atomic E-state index is 11.8. The summed E-state index contributed by atoms with van der Waals surface area (Å²) in [4.78, 5) is 11.8. The molecule has 0 aliphatic carbocycles. The van der Waals surface area contributed by atoms with Gasteiger partial charge in [-0.2, -0.15) is 0 Å². The summed E-state index contributed by atoms with van der Waals surface area (Å²) in [5, 5.41) is 17.7. The number of aryl methyl sites for hydroxylation is 1. The van der Waals surface area contributed by atoms with E-state index in [1.54, 1.807) is 31.2 Å². The van der Waals surface area contributed by atoms with Gasteiger partial charge in [-0.15, -0.1) is 0 Å². The largest absolute Gasteiger partial charge is 0.409 e. The molecular weight excluding hydrogens is 248 g/mol. The summed E-state index contributed by atoms with van der Waals surface area (Å²) in [6, 6.07) is 8.12. The van der Waals surface area contributed by atoms with Crippen LogP contribution in [0.5, 0.6) is 0 Å². The van der Waals surface area contributed by atoms with Gasteiger partial charge in [0.2, 0.25) is 5.76 Å². The third-order valence-corrected chi connectivity index (χ3v) is 2.38. The van der Waals surface area contributed by atoms with E-state index in [1.807, 2.05) is 0 Å². The molecule has 0 unspecified atom stereocenters. The van der Waals surface area contributed by atoms with Crippen LogP contribution < -0.4 is 11.1 Å². The zero-order valence-corrected chi connectivity index (χ0v) is 10.1. The third kappa shape index (κ3) is 2.89. The van der Waals surface area contributed by atoms with Crippen molar-refractivity contribution in [2.45, 2.75) is 6.92 Å². The van der Waals surface area contributed by atoms with Gasteiger partial charge >= 0.3 is 0 Å². The van der Waals surface area contributed by atoms with E-state index in [1.165, 1.54) is 6.07 Å². The van der Waals surface area contributed by atoms with Crippen LogP contribution in [0.25, 0.3) is 0 Å². The van der Waals surface area contributed by atoms with Gasteiger partial charge in [-0.05, 0) is 19.1 Å². The molecule has 0 bridgehead atoms. The van der Waals surface area contributed by atoms with Crippen LogP contribution in [0.15, 0.2) is 40.0 Å². The van der Waals surface area contributed by atoms with E-state index in [9.17, 15) is 4.79 Å². The number of hydrogen-bond acceptors (Lipinski definition) is 5. The van der Waals surface area contributed by atoms with Crippen molar-refractivity contribution in [2.75, 3.05) is 5.32 Å². The first-order valence-electron chi connectivity index (χ1n) is 5.43. The second-order valence-electron chi connectivity index (χ2n) is 3.85. The molecule has 0 atom stereocenters. The molecule has 2 rings (SSSR count). The van der Waals surface area contributed by atoms with Gasteiger partial charge < -0.3 is 20.8 Å². The molecule has 98 valence electrons. The number of anilines is 1. The van der Waals surface area contributed by atoms with Crippen LogP contribution >= 0.6 is 0 Å². The molecule has 7 nitrogen and oxygen atoms in total. The van der Waals surface area contributed by atoms with Gasteiger partial charge in [-0.25, -0.2) is 0 Å². The fourth-order valence-corrected chi connectivity index (χ4v) is 1.48. The molecule has 0 aliphatic heterocycles. The van der Waals surface area contributed by atoms with Crippen molar-refractivity contribution < 1.29 is 14.5 Å². The van der Waals surface area contributed by atoms with E-state index in [0.29, 0.717) is 16.9 Å². The molecule has 0 spiro atoms. The lowest BCUT2D eigenvalue weighted by Crippen LogP contribution is -2.15. The highest BCUT2D eigenvalue weighted by Gasteiger charge is 2.12. The number of hydrogen-bond donors (Lipinski definition) is 3. The molecule has 1 heterocycles. The minimum atomic E-state index is -0.419. The number of nitrogens with zero attached hydrogens (tertiary/aromatic N) is 2. The molecule has 1 amide bonds. The molecule has 0 radical (unpaired) electrons. The van der Waals surface area contributed by atoms with Crippen molar-refractivity contribution in [2.24, 2.45) is 10.9 Å². The number of oxime groups is 1. The van der Waals surface area contributed by atoms with Gasteiger partial charge in [0, 0.05) is 17.3 Å². The summed E-state index contributed by atoms with van der Waals surface area (Å²) >= 11 is 0. The lowest BCUT2D eigenvalue weighted by Gasteiger charge is -2.04. The number of benzene rings is 1. The highest BCUT2D eigenvalue weighted by Crippen LogP contribution is 2.12. The second kappa shape index (κ2) is 5.21. The van der Waals surface area contributed by atoms with Crippen molar-refractivity contribution >= 4 is 17.4 Å². The van der Waals surface area contributed by atoms with Gasteiger partial charge in [0.05, 0.1) is 5.69 Å². The summed E-state index contributed by atoms with van der Waals surface area (Å²) in [5.41, 5.74) is 7.09. The van der Waals surface area contributed by atoms with Crippen LogP contribution in [0.3, 0.4) is 0 Å². The van der Waals surface area contributed by atoms with E-state index < -0.39 is 5.91 Å². The Kier molecular flexibility index (Phi) is 3.46. The maximum absolute atomic E-state index is 11.8.